The fourth-order valence-electron chi connectivity index (χ4n) is 1.95. The lowest BCUT2D eigenvalue weighted by Gasteiger charge is -2.36. The topological polar surface area (TPSA) is 56.0 Å². The van der Waals surface area contributed by atoms with E-state index in [0.717, 1.165) is 25.9 Å². The third-order valence-electron chi connectivity index (χ3n) is 2.85. The molecule has 0 bridgehead atoms. The summed E-state index contributed by atoms with van der Waals surface area (Å²) in [5.41, 5.74) is -0.726. The van der Waals surface area contributed by atoms with Crippen LogP contribution in [0.15, 0.2) is 0 Å². The third-order valence-corrected chi connectivity index (χ3v) is 2.85. The summed E-state index contributed by atoms with van der Waals surface area (Å²) in [6, 6.07) is 2.24. The Labute approximate surface area is 79.8 Å². The minimum absolute atomic E-state index is 0.181. The molecule has 0 radical (unpaired) electrons. The summed E-state index contributed by atoms with van der Waals surface area (Å²) in [6.07, 6.45) is 3.21. The Morgan fingerprint density at radius 3 is 2.62 bits per heavy atom. The van der Waals surface area contributed by atoms with Crippen molar-refractivity contribution in [1.29, 1.82) is 5.26 Å². The van der Waals surface area contributed by atoms with Gasteiger partial charge in [0.15, 0.2) is 0 Å². The van der Waals surface area contributed by atoms with Crippen LogP contribution in [0.5, 0.6) is 0 Å². The van der Waals surface area contributed by atoms with Gasteiger partial charge in [0.1, 0.15) is 0 Å². The molecule has 0 aliphatic carbocycles. The van der Waals surface area contributed by atoms with Crippen LogP contribution < -0.4 is 5.32 Å². The maximum atomic E-state index is 10.2. The fourth-order valence-corrected chi connectivity index (χ4v) is 1.95. The Kier molecular flexibility index (Phi) is 3.71. The molecule has 1 aliphatic rings. The van der Waals surface area contributed by atoms with Gasteiger partial charge in [0.25, 0.3) is 0 Å². The first-order valence-electron chi connectivity index (χ1n) is 5.05. The van der Waals surface area contributed by atoms with Gasteiger partial charge < -0.3 is 10.4 Å². The summed E-state index contributed by atoms with van der Waals surface area (Å²) < 4.78 is 0. The molecule has 74 valence electrons. The van der Waals surface area contributed by atoms with Crippen molar-refractivity contribution in [1.82, 2.24) is 5.32 Å². The van der Waals surface area contributed by atoms with Crippen molar-refractivity contribution in [2.24, 2.45) is 5.92 Å². The van der Waals surface area contributed by atoms with Gasteiger partial charge in [-0.2, -0.15) is 5.26 Å². The Bertz CT molecular complexity index is 192. The number of hydrogen-bond acceptors (Lipinski definition) is 3. The second-order valence-corrected chi connectivity index (χ2v) is 3.82. The van der Waals surface area contributed by atoms with Crippen molar-refractivity contribution >= 4 is 0 Å². The van der Waals surface area contributed by atoms with Crippen LogP contribution >= 0.6 is 0 Å². The Balaban J connectivity index is 2.59. The van der Waals surface area contributed by atoms with Gasteiger partial charge in [-0.3, -0.25) is 0 Å². The molecular weight excluding hydrogens is 164 g/mol. The minimum Gasteiger partial charge on any atom is -0.388 e. The predicted molar refractivity (Wildman–Crippen MR) is 51.1 cm³/mol. The molecular formula is C10H18N2O. The van der Waals surface area contributed by atoms with Gasteiger partial charge in [0, 0.05) is 0 Å². The second kappa shape index (κ2) is 4.59. The largest absolute Gasteiger partial charge is 0.388 e. The molecule has 1 unspecified atom stereocenters. The Hall–Kier alpha value is -0.590. The maximum absolute atomic E-state index is 10.2. The molecule has 13 heavy (non-hydrogen) atoms. The molecule has 1 heterocycles. The smallest absolute Gasteiger partial charge is 0.0829 e. The van der Waals surface area contributed by atoms with E-state index in [2.05, 4.69) is 18.3 Å². The third kappa shape index (κ3) is 2.43. The first-order chi connectivity index (χ1) is 6.23. The molecule has 3 nitrogen and oxygen atoms in total. The van der Waals surface area contributed by atoms with E-state index in [4.69, 9.17) is 5.26 Å². The first-order valence-corrected chi connectivity index (χ1v) is 5.05. The number of aliphatic hydroxyl groups is 1. The van der Waals surface area contributed by atoms with Gasteiger partial charge in [-0.25, -0.2) is 0 Å². The summed E-state index contributed by atoms with van der Waals surface area (Å²) >= 11 is 0. The Morgan fingerprint density at radius 1 is 1.54 bits per heavy atom. The number of rotatable bonds is 3. The molecule has 1 fully saturated rings. The Morgan fingerprint density at radius 2 is 2.15 bits per heavy atom. The fraction of sp³-hybridized carbons (Fsp3) is 0.900. The van der Waals surface area contributed by atoms with Crippen molar-refractivity contribution in [3.63, 3.8) is 0 Å². The highest BCUT2D eigenvalue weighted by Gasteiger charge is 2.37. The number of nitrogens with zero attached hydrogens (tertiary/aromatic N) is 1. The average molecular weight is 182 g/mol. The second-order valence-electron chi connectivity index (χ2n) is 3.82. The SMILES string of the molecule is CCCC(C#N)C1(O)CCNCC1. The molecule has 3 heteroatoms. The summed E-state index contributed by atoms with van der Waals surface area (Å²) in [6.45, 7) is 3.71. The molecule has 1 aliphatic heterocycles. The number of nitriles is 1. The van der Waals surface area contributed by atoms with Crippen molar-refractivity contribution in [2.75, 3.05) is 13.1 Å². The lowest BCUT2D eigenvalue weighted by atomic mass is 9.78. The van der Waals surface area contributed by atoms with Gasteiger partial charge in [0.2, 0.25) is 0 Å². The summed E-state index contributed by atoms with van der Waals surface area (Å²) in [5.74, 6) is -0.181. The molecule has 0 aromatic heterocycles. The van der Waals surface area contributed by atoms with Gasteiger partial charge in [-0.1, -0.05) is 13.3 Å². The van der Waals surface area contributed by atoms with Gasteiger partial charge in [-0.05, 0) is 32.4 Å². The molecule has 1 saturated heterocycles. The van der Waals surface area contributed by atoms with E-state index < -0.39 is 5.60 Å². The highest BCUT2D eigenvalue weighted by Crippen LogP contribution is 2.29. The van der Waals surface area contributed by atoms with Crippen molar-refractivity contribution < 1.29 is 5.11 Å². The van der Waals surface area contributed by atoms with E-state index in [9.17, 15) is 5.11 Å². The minimum atomic E-state index is -0.726. The monoisotopic (exact) mass is 182 g/mol. The van der Waals surface area contributed by atoms with Crippen LogP contribution in [0.1, 0.15) is 32.6 Å². The van der Waals surface area contributed by atoms with E-state index in [-0.39, 0.29) is 5.92 Å². The van der Waals surface area contributed by atoms with Crippen LogP contribution in [0.25, 0.3) is 0 Å². The van der Waals surface area contributed by atoms with Crippen LogP contribution in [0.3, 0.4) is 0 Å². The molecule has 0 aromatic rings. The van der Waals surface area contributed by atoms with Crippen LogP contribution in [0, 0.1) is 17.2 Å². The van der Waals surface area contributed by atoms with Gasteiger partial charge in [0.05, 0.1) is 17.6 Å². The number of hydrogen-bond donors (Lipinski definition) is 2. The normalized spacial score (nSPS) is 23.5. The molecule has 0 amide bonds. The molecule has 2 N–H and O–H groups in total. The predicted octanol–water partition coefficient (Wildman–Crippen LogP) is 1.04. The quantitative estimate of drug-likeness (QED) is 0.685. The number of piperidine rings is 1. The van der Waals surface area contributed by atoms with Crippen molar-refractivity contribution in [2.45, 2.75) is 38.2 Å². The average Bonchev–Trinajstić information content (AvgIpc) is 2.15. The highest BCUT2D eigenvalue weighted by atomic mass is 16.3. The van der Waals surface area contributed by atoms with Gasteiger partial charge in [-0.15, -0.1) is 0 Å². The number of nitrogens with one attached hydrogen (secondary N) is 1. The van der Waals surface area contributed by atoms with E-state index in [0.29, 0.717) is 12.8 Å². The summed E-state index contributed by atoms with van der Waals surface area (Å²) in [4.78, 5) is 0. The van der Waals surface area contributed by atoms with Crippen molar-refractivity contribution in [3.8, 4) is 6.07 Å². The van der Waals surface area contributed by atoms with Gasteiger partial charge >= 0.3 is 0 Å². The molecule has 1 rings (SSSR count). The van der Waals surface area contributed by atoms with Crippen LogP contribution in [0.2, 0.25) is 0 Å². The lowest BCUT2D eigenvalue weighted by Crippen LogP contribution is -2.46. The van der Waals surface area contributed by atoms with Crippen LogP contribution in [-0.4, -0.2) is 23.8 Å². The van der Waals surface area contributed by atoms with E-state index in [1.165, 1.54) is 0 Å². The molecule has 0 aromatic carbocycles. The van der Waals surface area contributed by atoms with E-state index in [1.54, 1.807) is 0 Å². The molecule has 0 spiro atoms. The summed E-state index contributed by atoms with van der Waals surface area (Å²) in [5, 5.41) is 22.3. The van der Waals surface area contributed by atoms with Crippen LogP contribution in [-0.2, 0) is 0 Å². The zero-order chi connectivity index (χ0) is 9.73. The molecule has 0 saturated carbocycles. The zero-order valence-corrected chi connectivity index (χ0v) is 8.21. The standard InChI is InChI=1S/C10H18N2O/c1-2-3-9(8-11)10(13)4-6-12-7-5-10/h9,12-13H,2-7H2,1H3. The van der Waals surface area contributed by atoms with E-state index >= 15 is 0 Å². The van der Waals surface area contributed by atoms with Crippen LogP contribution in [0.4, 0.5) is 0 Å². The zero-order valence-electron chi connectivity index (χ0n) is 8.21. The molecule has 1 atom stereocenters. The summed E-state index contributed by atoms with van der Waals surface area (Å²) in [7, 11) is 0. The van der Waals surface area contributed by atoms with Crippen molar-refractivity contribution in [3.05, 3.63) is 0 Å². The lowest BCUT2D eigenvalue weighted by molar-refractivity contribution is -0.0273. The first kappa shape index (κ1) is 10.5. The maximum Gasteiger partial charge on any atom is 0.0829 e. The highest BCUT2D eigenvalue weighted by molar-refractivity contribution is 5.00. The van der Waals surface area contributed by atoms with E-state index in [1.807, 2.05) is 0 Å².